The molecule has 5 aromatic carbocycles. The number of fused-ring (bicyclic) bond motifs is 4. The maximum absolute atomic E-state index is 10.00. The third kappa shape index (κ3) is 5.27. The van der Waals surface area contributed by atoms with Gasteiger partial charge in [0.25, 0.3) is 5.70 Å². The number of rotatable bonds is 4. The summed E-state index contributed by atoms with van der Waals surface area (Å²) in [6.07, 6.45) is 1.84. The number of anilines is 3. The smallest absolute Gasteiger partial charge is 0.310 e. The fourth-order valence-corrected chi connectivity index (χ4v) is 9.56. The van der Waals surface area contributed by atoms with E-state index in [1.54, 1.807) is 11.3 Å². The average molecular weight is 754 g/mol. The van der Waals surface area contributed by atoms with Crippen molar-refractivity contribution >= 4 is 68.4 Å². The quantitative estimate of drug-likeness (QED) is 0.133. The number of nitriles is 1. The summed E-state index contributed by atoms with van der Waals surface area (Å²) < 4.78 is 9.44. The molecule has 1 aliphatic heterocycles. The van der Waals surface area contributed by atoms with Gasteiger partial charge in [0, 0.05) is 37.6 Å². The van der Waals surface area contributed by atoms with Gasteiger partial charge in [-0.1, -0.05) is 92.7 Å². The minimum absolute atomic E-state index is 0.106. The predicted octanol–water partition coefficient (Wildman–Crippen LogP) is 13.0. The maximum Gasteiger partial charge on any atom is 0.527 e. The van der Waals surface area contributed by atoms with E-state index in [1.807, 2.05) is 54.6 Å². The zero-order valence-electron chi connectivity index (χ0n) is 30.1. The molecule has 56 heavy (non-hydrogen) atoms. The van der Waals surface area contributed by atoms with E-state index < -0.39 is 0 Å². The lowest BCUT2D eigenvalue weighted by Gasteiger charge is -2.42. The van der Waals surface area contributed by atoms with E-state index in [0.717, 1.165) is 43.8 Å². The Hall–Kier alpha value is -7.40. The Morgan fingerprint density at radius 3 is 2.12 bits per heavy atom. The van der Waals surface area contributed by atoms with Gasteiger partial charge < -0.3 is 4.90 Å². The summed E-state index contributed by atoms with van der Waals surface area (Å²) in [6, 6.07) is 43.6. The molecule has 0 saturated heterocycles. The van der Waals surface area contributed by atoms with Crippen molar-refractivity contribution in [3.8, 4) is 27.0 Å². The monoisotopic (exact) mass is 753 g/mol. The molecule has 2 aliphatic rings. The van der Waals surface area contributed by atoms with Crippen LogP contribution in [-0.2, 0) is 5.41 Å². The van der Waals surface area contributed by atoms with Crippen LogP contribution in [0.4, 0.5) is 17.1 Å². The molecule has 3 heterocycles. The molecule has 1 aliphatic carbocycles. The minimum Gasteiger partial charge on any atom is -0.310 e. The van der Waals surface area contributed by atoms with Crippen molar-refractivity contribution in [3.05, 3.63) is 200 Å². The summed E-state index contributed by atoms with van der Waals surface area (Å²) in [5, 5.41) is 10.00. The fourth-order valence-electron chi connectivity index (χ4n) is 7.95. The summed E-state index contributed by atoms with van der Waals surface area (Å²) in [4.78, 5) is 15.2. The van der Waals surface area contributed by atoms with Crippen LogP contribution in [0.15, 0.2) is 138 Å². The molecule has 0 atom stereocenters. The highest BCUT2D eigenvalue weighted by Crippen LogP contribution is 2.53. The van der Waals surface area contributed by atoms with Gasteiger partial charge in [0.1, 0.15) is 24.2 Å². The lowest BCUT2D eigenvalue weighted by atomic mass is 9.73. The molecule has 0 radical (unpaired) electrons. The van der Waals surface area contributed by atoms with Crippen LogP contribution in [0.5, 0.6) is 0 Å². The summed E-state index contributed by atoms with van der Waals surface area (Å²) >= 11 is 2.81. The minimum atomic E-state index is -0.228. The van der Waals surface area contributed by atoms with Gasteiger partial charge >= 0.3 is 5.82 Å². The van der Waals surface area contributed by atoms with Gasteiger partial charge in [0.05, 0.1) is 41.3 Å². The number of benzene rings is 5. The summed E-state index contributed by atoms with van der Waals surface area (Å²) in [5.41, 5.74) is 12.4. The van der Waals surface area contributed by atoms with Crippen LogP contribution in [-0.4, -0.2) is 8.75 Å². The van der Waals surface area contributed by atoms with Crippen molar-refractivity contribution in [1.29, 1.82) is 5.26 Å². The van der Waals surface area contributed by atoms with Crippen LogP contribution in [0.2, 0.25) is 0 Å². The molecule has 0 amide bonds. The highest BCUT2D eigenvalue weighted by Gasteiger charge is 2.38. The molecule has 9 heteroatoms. The second-order valence-electron chi connectivity index (χ2n) is 13.8. The average Bonchev–Trinajstić information content (AvgIpc) is 4.00. The van der Waals surface area contributed by atoms with Crippen LogP contribution in [0.1, 0.15) is 41.7 Å². The van der Waals surface area contributed by atoms with Gasteiger partial charge in [-0.05, 0) is 81.9 Å². The molecule has 0 unspecified atom stereocenters. The molecule has 0 spiro atoms. The largest absolute Gasteiger partial charge is 0.527 e. The standard InChI is InChI=1S/C47H27N7S2/c1-47(2)35-17-11-12-18-38(35)54(30-13-7-6-8-14-30)39-22-20-28(26-36(39)47)40-23-24-41(55-40)33-21-19-29(44-45(33)53-56-52-44)25-34-42(37(27-48)49-3)31-15-9-10-16-32(31)43(34)46(50-4)51-5/h6-26H,1-2H3/b34-25-,42-37-. The Balaban J connectivity index is 1.14. The summed E-state index contributed by atoms with van der Waals surface area (Å²) in [5.74, 6) is -0.126. The van der Waals surface area contributed by atoms with Gasteiger partial charge in [-0.25, -0.2) is 10.1 Å². The molecule has 262 valence electrons. The van der Waals surface area contributed by atoms with Gasteiger partial charge in [0.15, 0.2) is 0 Å². The first kappa shape index (κ1) is 34.4. The van der Waals surface area contributed by atoms with Crippen molar-refractivity contribution in [1.82, 2.24) is 8.75 Å². The van der Waals surface area contributed by atoms with E-state index in [4.69, 9.17) is 28.5 Å². The van der Waals surface area contributed by atoms with Crippen LogP contribution >= 0.6 is 23.1 Å². The highest BCUT2D eigenvalue weighted by molar-refractivity contribution is 7.19. The van der Waals surface area contributed by atoms with Crippen molar-refractivity contribution in [3.63, 3.8) is 0 Å². The first-order valence-corrected chi connectivity index (χ1v) is 19.2. The molecular weight excluding hydrogens is 727 g/mol. The first-order valence-electron chi connectivity index (χ1n) is 17.7. The normalized spacial score (nSPS) is 15.2. The van der Waals surface area contributed by atoms with Gasteiger partial charge in [0.2, 0.25) is 0 Å². The Labute approximate surface area is 332 Å². The highest BCUT2D eigenvalue weighted by atomic mass is 32.1. The number of thiophene rings is 1. The lowest BCUT2D eigenvalue weighted by Crippen LogP contribution is -2.30. The van der Waals surface area contributed by atoms with Crippen LogP contribution in [0.25, 0.3) is 63.7 Å². The summed E-state index contributed by atoms with van der Waals surface area (Å²) in [6.45, 7) is 28.0. The summed E-state index contributed by atoms with van der Waals surface area (Å²) in [7, 11) is 0. The van der Waals surface area contributed by atoms with Crippen molar-refractivity contribution in [2.75, 3.05) is 4.90 Å². The number of nitrogens with zero attached hydrogens (tertiary/aromatic N) is 7. The van der Waals surface area contributed by atoms with E-state index in [9.17, 15) is 5.26 Å². The Bertz CT molecular complexity index is 2960. The molecule has 0 N–H and O–H groups in total. The Morgan fingerprint density at radius 2 is 1.38 bits per heavy atom. The van der Waals surface area contributed by atoms with Gasteiger partial charge in [-0.15, -0.1) is 11.3 Å². The van der Waals surface area contributed by atoms with Crippen molar-refractivity contribution in [2.24, 2.45) is 0 Å². The third-order valence-electron chi connectivity index (χ3n) is 10.5. The SMILES string of the molecule is [C-]#[N+]C([N+]#[C-])=C1C(=C\c2ccc(-c3ccc(-c4ccc5c(c4)C(C)(C)c4ccccc4N5c4ccccc4)s3)c3nsnc23)/C(=C(/C#N)[N+]#[C-])c2ccccc21. The van der Waals surface area contributed by atoms with Crippen LogP contribution in [0, 0.1) is 31.0 Å². The molecule has 9 rings (SSSR count). The van der Waals surface area contributed by atoms with E-state index in [1.165, 1.54) is 22.5 Å². The molecule has 7 nitrogen and oxygen atoms in total. The molecule has 7 aromatic rings. The lowest BCUT2D eigenvalue weighted by molar-refractivity contribution is 0.632. The molecule has 0 bridgehead atoms. The van der Waals surface area contributed by atoms with Crippen molar-refractivity contribution < 1.29 is 0 Å². The van der Waals surface area contributed by atoms with E-state index >= 15 is 0 Å². The second-order valence-corrected chi connectivity index (χ2v) is 15.5. The number of allylic oxidation sites excluding steroid dienone is 4. The zero-order valence-corrected chi connectivity index (χ0v) is 31.7. The first-order chi connectivity index (χ1) is 27.4. The molecule has 2 aromatic heterocycles. The number of hydrogen-bond acceptors (Lipinski definition) is 6. The third-order valence-corrected chi connectivity index (χ3v) is 12.2. The number of aromatic nitrogens is 2. The van der Waals surface area contributed by atoms with Crippen molar-refractivity contribution in [2.45, 2.75) is 19.3 Å². The van der Waals surface area contributed by atoms with Gasteiger partial charge in [-0.2, -0.15) is 18.4 Å². The van der Waals surface area contributed by atoms with E-state index in [2.05, 4.69) is 112 Å². The topological polar surface area (TPSA) is 65.9 Å². The van der Waals surface area contributed by atoms with Gasteiger partial charge in [-0.3, -0.25) is 0 Å². The van der Waals surface area contributed by atoms with Crippen LogP contribution in [0.3, 0.4) is 0 Å². The second kappa shape index (κ2) is 13.5. The number of para-hydroxylation sites is 2. The molecular formula is C47H27N7S2. The fraction of sp³-hybridized carbons (Fsp3) is 0.0638. The van der Waals surface area contributed by atoms with E-state index in [0.29, 0.717) is 38.9 Å². The predicted molar refractivity (Wildman–Crippen MR) is 227 cm³/mol. The molecule has 0 saturated carbocycles. The van der Waals surface area contributed by atoms with Crippen LogP contribution < -0.4 is 4.90 Å². The Morgan fingerprint density at radius 1 is 0.696 bits per heavy atom. The Kier molecular flexibility index (Phi) is 8.27. The molecule has 0 fully saturated rings. The number of hydrogen-bond donors (Lipinski definition) is 0. The maximum atomic E-state index is 10.00. The van der Waals surface area contributed by atoms with E-state index in [-0.39, 0.29) is 16.9 Å². The zero-order chi connectivity index (χ0) is 38.6.